The van der Waals surface area contributed by atoms with Gasteiger partial charge < -0.3 is 5.32 Å². The number of hydrogen-bond donors (Lipinski definition) is 1. The Morgan fingerprint density at radius 1 is 1.13 bits per heavy atom. The lowest BCUT2D eigenvalue weighted by Crippen LogP contribution is -2.19. The minimum atomic E-state index is -4.80. The maximum atomic E-state index is 13.4. The smallest absolute Gasteiger partial charge is 0.326 e. The molecule has 2 heterocycles. The van der Waals surface area contributed by atoms with Crippen molar-refractivity contribution in [1.82, 2.24) is 0 Å². The molecule has 1 aromatic rings. The molecule has 1 N–H and O–H groups in total. The van der Waals surface area contributed by atoms with Crippen LogP contribution in [0.15, 0.2) is 11.1 Å². The van der Waals surface area contributed by atoms with Crippen LogP contribution in [-0.4, -0.2) is 17.8 Å². The monoisotopic (exact) mass is 336 g/mol. The maximum Gasteiger partial charge on any atom is 0.418 e. The number of anilines is 1. The Balaban J connectivity index is 2.16. The molecule has 1 aromatic carbocycles. The highest BCUT2D eigenvalue weighted by molar-refractivity contribution is 6.01. The molecular formula is C14H10F6N2O. The van der Waals surface area contributed by atoms with Crippen molar-refractivity contribution in [3.63, 3.8) is 0 Å². The zero-order chi connectivity index (χ0) is 17.0. The highest BCUT2D eigenvalue weighted by Gasteiger charge is 2.42. The molecule has 0 aliphatic carbocycles. The average Bonchev–Trinajstić information content (AvgIpc) is 2.71. The van der Waals surface area contributed by atoms with E-state index in [1.807, 2.05) is 0 Å². The Hall–Kier alpha value is -2.06. The summed E-state index contributed by atoms with van der Waals surface area (Å²) in [5.74, 6) is -0.577. The second kappa shape index (κ2) is 4.97. The highest BCUT2D eigenvalue weighted by Crippen LogP contribution is 2.47. The number of aryl methyl sites for hydroxylation is 1. The van der Waals surface area contributed by atoms with E-state index in [9.17, 15) is 31.1 Å². The van der Waals surface area contributed by atoms with Crippen molar-refractivity contribution in [3.8, 4) is 0 Å². The van der Waals surface area contributed by atoms with Crippen molar-refractivity contribution in [2.75, 3.05) is 5.32 Å². The van der Waals surface area contributed by atoms with Crippen LogP contribution in [0.3, 0.4) is 0 Å². The van der Waals surface area contributed by atoms with Crippen molar-refractivity contribution in [2.45, 2.75) is 38.0 Å². The lowest BCUT2D eigenvalue weighted by molar-refractivity contribution is -0.137. The summed E-state index contributed by atoms with van der Waals surface area (Å²) < 4.78 is 77.6. The third-order valence-corrected chi connectivity index (χ3v) is 3.74. The summed E-state index contributed by atoms with van der Waals surface area (Å²) >= 11 is 0. The lowest BCUT2D eigenvalue weighted by Gasteiger charge is -2.22. The molecule has 0 bridgehead atoms. The van der Waals surface area contributed by atoms with Gasteiger partial charge in [-0.25, -0.2) is 0 Å². The summed E-state index contributed by atoms with van der Waals surface area (Å²) in [6.07, 6.45) is -11.2. The molecule has 124 valence electrons. The van der Waals surface area contributed by atoms with Gasteiger partial charge in [-0.15, -0.1) is 0 Å². The van der Waals surface area contributed by atoms with E-state index in [1.54, 1.807) is 0 Å². The van der Waals surface area contributed by atoms with Gasteiger partial charge in [0, 0.05) is 11.4 Å². The predicted octanol–water partition coefficient (Wildman–Crippen LogP) is 4.17. The van der Waals surface area contributed by atoms with Crippen LogP contribution >= 0.6 is 0 Å². The molecule has 1 amide bonds. The molecule has 0 atom stereocenters. The predicted molar refractivity (Wildman–Crippen MR) is 69.9 cm³/mol. The van der Waals surface area contributed by atoms with Crippen LogP contribution < -0.4 is 5.32 Å². The molecule has 0 fully saturated rings. The standard InChI is InChI=1S/C14H10F6N2O/c15-13(16,17)5-7-2-1-6-3-9-8(4-10(23)22-9)11(12(6)21-7)14(18,19)20/h3H,1-2,4-5H2,(H,22,23). The van der Waals surface area contributed by atoms with Crippen LogP contribution in [0.2, 0.25) is 0 Å². The SMILES string of the molecule is O=C1Cc2c(cc3c(c2C(F)(F)F)N=C(CC(F)(F)F)CC3)N1. The first kappa shape index (κ1) is 15.8. The number of nitrogens with one attached hydrogen (secondary N) is 1. The van der Waals surface area contributed by atoms with Crippen molar-refractivity contribution in [1.29, 1.82) is 0 Å². The minimum Gasteiger partial charge on any atom is -0.326 e. The number of carbonyl (C=O) groups is 1. The van der Waals surface area contributed by atoms with Crippen LogP contribution in [0.1, 0.15) is 29.5 Å². The van der Waals surface area contributed by atoms with E-state index in [1.165, 1.54) is 6.07 Å². The third-order valence-electron chi connectivity index (χ3n) is 3.74. The topological polar surface area (TPSA) is 41.5 Å². The van der Waals surface area contributed by atoms with Gasteiger partial charge in [0.25, 0.3) is 0 Å². The van der Waals surface area contributed by atoms with Crippen molar-refractivity contribution >= 4 is 23.0 Å². The molecule has 0 unspecified atom stereocenters. The molecule has 2 aliphatic heterocycles. The van der Waals surface area contributed by atoms with E-state index >= 15 is 0 Å². The van der Waals surface area contributed by atoms with Crippen molar-refractivity contribution < 1.29 is 31.1 Å². The Morgan fingerprint density at radius 2 is 1.83 bits per heavy atom. The first-order valence-electron chi connectivity index (χ1n) is 6.73. The fourth-order valence-electron chi connectivity index (χ4n) is 2.89. The molecule has 3 nitrogen and oxygen atoms in total. The molecule has 0 spiro atoms. The molecule has 0 aromatic heterocycles. The van der Waals surface area contributed by atoms with Gasteiger partial charge in [-0.05, 0) is 30.0 Å². The number of carbonyl (C=O) groups excluding carboxylic acids is 1. The fourth-order valence-corrected chi connectivity index (χ4v) is 2.89. The molecule has 3 rings (SSSR count). The molecule has 0 saturated carbocycles. The number of amides is 1. The Kier molecular flexibility index (Phi) is 3.42. The molecule has 2 aliphatic rings. The summed E-state index contributed by atoms with van der Waals surface area (Å²) in [6, 6.07) is 1.37. The first-order chi connectivity index (χ1) is 10.5. The van der Waals surface area contributed by atoms with E-state index < -0.39 is 42.4 Å². The number of aliphatic imine (C=N–C) groups is 1. The number of hydrogen-bond acceptors (Lipinski definition) is 2. The van der Waals surface area contributed by atoms with E-state index in [2.05, 4.69) is 10.3 Å². The zero-order valence-electron chi connectivity index (χ0n) is 11.5. The van der Waals surface area contributed by atoms with Gasteiger partial charge in [-0.1, -0.05) is 0 Å². The van der Waals surface area contributed by atoms with Crippen LogP contribution in [0.25, 0.3) is 0 Å². The third kappa shape index (κ3) is 3.04. The van der Waals surface area contributed by atoms with Crippen molar-refractivity contribution in [3.05, 3.63) is 22.8 Å². The van der Waals surface area contributed by atoms with Crippen LogP contribution in [0, 0.1) is 0 Å². The second-order valence-electron chi connectivity index (χ2n) is 5.48. The van der Waals surface area contributed by atoms with E-state index in [-0.39, 0.29) is 35.4 Å². The molecule has 0 radical (unpaired) electrons. The molecule has 0 saturated heterocycles. The van der Waals surface area contributed by atoms with Crippen molar-refractivity contribution in [2.24, 2.45) is 4.99 Å². The highest BCUT2D eigenvalue weighted by atomic mass is 19.4. The summed E-state index contributed by atoms with van der Waals surface area (Å²) in [5, 5.41) is 2.34. The summed E-state index contributed by atoms with van der Waals surface area (Å²) in [4.78, 5) is 15.0. The number of nitrogens with zero attached hydrogens (tertiary/aromatic N) is 1. The van der Waals surface area contributed by atoms with Crippen LogP contribution in [-0.2, 0) is 23.8 Å². The first-order valence-corrected chi connectivity index (χ1v) is 6.73. The zero-order valence-corrected chi connectivity index (χ0v) is 11.5. The quantitative estimate of drug-likeness (QED) is 0.769. The Bertz CT molecular complexity index is 717. The van der Waals surface area contributed by atoms with Gasteiger partial charge in [0.2, 0.25) is 5.91 Å². The number of rotatable bonds is 1. The number of halogens is 6. The van der Waals surface area contributed by atoms with Gasteiger partial charge in [0.05, 0.1) is 24.1 Å². The fraction of sp³-hybridized carbons (Fsp3) is 0.429. The van der Waals surface area contributed by atoms with Gasteiger partial charge >= 0.3 is 12.4 Å². The summed E-state index contributed by atoms with van der Waals surface area (Å²) in [5.41, 5.74) is -1.91. The molecular weight excluding hydrogens is 326 g/mol. The summed E-state index contributed by atoms with van der Waals surface area (Å²) in [6.45, 7) is 0. The second-order valence-corrected chi connectivity index (χ2v) is 5.48. The Labute approximate surface area is 126 Å². The molecule has 23 heavy (non-hydrogen) atoms. The number of alkyl halides is 6. The Morgan fingerprint density at radius 3 is 2.43 bits per heavy atom. The largest absolute Gasteiger partial charge is 0.418 e. The molecule has 9 heteroatoms. The maximum absolute atomic E-state index is 13.4. The number of benzene rings is 1. The van der Waals surface area contributed by atoms with E-state index in [4.69, 9.17) is 0 Å². The van der Waals surface area contributed by atoms with E-state index in [0.29, 0.717) is 0 Å². The van der Waals surface area contributed by atoms with Crippen LogP contribution in [0.5, 0.6) is 0 Å². The lowest BCUT2D eigenvalue weighted by atomic mass is 9.92. The summed E-state index contributed by atoms with van der Waals surface area (Å²) in [7, 11) is 0. The van der Waals surface area contributed by atoms with E-state index in [0.717, 1.165) is 0 Å². The minimum absolute atomic E-state index is 0.0243. The van der Waals surface area contributed by atoms with Gasteiger partial charge in [-0.2, -0.15) is 26.3 Å². The van der Waals surface area contributed by atoms with Crippen LogP contribution in [0.4, 0.5) is 37.7 Å². The normalized spacial score (nSPS) is 17.5. The van der Waals surface area contributed by atoms with Gasteiger partial charge in [0.15, 0.2) is 0 Å². The van der Waals surface area contributed by atoms with Gasteiger partial charge in [-0.3, -0.25) is 9.79 Å². The van der Waals surface area contributed by atoms with Gasteiger partial charge in [0.1, 0.15) is 0 Å². The average molecular weight is 336 g/mol. The number of fused-ring (bicyclic) bond motifs is 2.